The summed E-state index contributed by atoms with van der Waals surface area (Å²) in [6.45, 7) is 0. The van der Waals surface area contributed by atoms with E-state index in [0.717, 1.165) is 12.1 Å². The number of azo groups is 1. The Morgan fingerprint density at radius 2 is 1.09 bits per heavy atom. The van der Waals surface area contributed by atoms with Gasteiger partial charge < -0.3 is 10.6 Å². The van der Waals surface area contributed by atoms with Gasteiger partial charge in [-0.2, -0.15) is 40.6 Å². The second kappa shape index (κ2) is 15.8. The molecular formula is C36H26N6O12S3. The number of carbonyl (C=O) groups is 3. The number of hydrogen-bond donors (Lipinski definition) is 6. The molecule has 57 heavy (non-hydrogen) atoms. The molecule has 0 unspecified atom stereocenters. The van der Waals surface area contributed by atoms with Gasteiger partial charge in [-0.3, -0.25) is 33.5 Å². The minimum Gasteiger partial charge on any atom is -0.322 e. The molecule has 0 aliphatic heterocycles. The van der Waals surface area contributed by atoms with Gasteiger partial charge in [0.1, 0.15) is 10.6 Å². The lowest BCUT2D eigenvalue weighted by Gasteiger charge is -2.21. The lowest BCUT2D eigenvalue weighted by Crippen LogP contribution is -2.26. The summed E-state index contributed by atoms with van der Waals surface area (Å²) in [7, 11) is -14.5. The molecule has 0 aromatic heterocycles. The Balaban J connectivity index is 1.21. The summed E-state index contributed by atoms with van der Waals surface area (Å²) in [6.07, 6.45) is 0.542. The summed E-state index contributed by atoms with van der Waals surface area (Å²) in [5.74, 6) is -2.34. The number of ketones is 1. The maximum Gasteiger partial charge on any atom is 0.296 e. The number of rotatable bonds is 11. The van der Waals surface area contributed by atoms with Crippen molar-refractivity contribution in [3.05, 3.63) is 148 Å². The van der Waals surface area contributed by atoms with Gasteiger partial charge in [0.15, 0.2) is 5.78 Å². The summed E-state index contributed by atoms with van der Waals surface area (Å²) in [5.41, 5.74) is 2.21. The van der Waals surface area contributed by atoms with Crippen molar-refractivity contribution in [3.8, 4) is 0 Å². The van der Waals surface area contributed by atoms with Crippen molar-refractivity contribution in [2.45, 2.75) is 9.79 Å². The van der Waals surface area contributed by atoms with Crippen molar-refractivity contribution < 1.29 is 53.3 Å². The fourth-order valence-corrected chi connectivity index (χ4v) is 6.90. The van der Waals surface area contributed by atoms with Crippen LogP contribution in [0.25, 0.3) is 0 Å². The van der Waals surface area contributed by atoms with Gasteiger partial charge in [0.25, 0.3) is 42.2 Å². The van der Waals surface area contributed by atoms with Crippen molar-refractivity contribution in [2.24, 2.45) is 15.3 Å². The zero-order chi connectivity index (χ0) is 41.1. The first-order valence-electron chi connectivity index (χ1n) is 16.0. The van der Waals surface area contributed by atoms with Crippen LogP contribution in [0.3, 0.4) is 0 Å². The molecule has 290 valence electrons. The molecule has 1 aliphatic carbocycles. The topological polar surface area (TPSA) is 287 Å². The van der Waals surface area contributed by atoms with Crippen molar-refractivity contribution in [1.82, 2.24) is 0 Å². The number of hydrogen-bond acceptors (Lipinski definition) is 13. The molecule has 0 spiro atoms. The van der Waals surface area contributed by atoms with E-state index in [9.17, 15) is 48.7 Å². The highest BCUT2D eigenvalue weighted by Gasteiger charge is 2.35. The summed E-state index contributed by atoms with van der Waals surface area (Å²) in [5, 5.41) is 17.2. The zero-order valence-corrected chi connectivity index (χ0v) is 31.1. The van der Waals surface area contributed by atoms with E-state index >= 15 is 0 Å². The van der Waals surface area contributed by atoms with Gasteiger partial charge >= 0.3 is 0 Å². The van der Waals surface area contributed by atoms with E-state index in [1.807, 2.05) is 0 Å². The molecule has 6 N–H and O–H groups in total. The average Bonchev–Trinajstić information content (AvgIpc) is 3.16. The van der Waals surface area contributed by atoms with Crippen LogP contribution >= 0.6 is 0 Å². The van der Waals surface area contributed by atoms with Gasteiger partial charge in [-0.15, -0.1) is 0 Å². The third kappa shape index (κ3) is 9.56. The summed E-state index contributed by atoms with van der Waals surface area (Å²) in [4.78, 5) is 37.1. The number of nitrogens with zero attached hydrogens (tertiary/aromatic N) is 3. The van der Waals surface area contributed by atoms with Crippen LogP contribution < -0.4 is 16.1 Å². The van der Waals surface area contributed by atoms with Gasteiger partial charge in [0.05, 0.1) is 38.1 Å². The van der Waals surface area contributed by atoms with Crippen LogP contribution in [0.4, 0.5) is 28.4 Å². The number of allylic oxidation sites excluding steroid dienone is 2. The van der Waals surface area contributed by atoms with E-state index in [-0.39, 0.29) is 21.7 Å². The number of amides is 2. The molecule has 0 saturated carbocycles. The summed E-state index contributed by atoms with van der Waals surface area (Å²) >= 11 is 0. The molecule has 18 nitrogen and oxygen atoms in total. The normalized spacial score (nSPS) is 13.8. The molecule has 0 atom stereocenters. The summed E-state index contributed by atoms with van der Waals surface area (Å²) in [6, 6.07) is 26.0. The first-order valence-corrected chi connectivity index (χ1v) is 20.3. The maximum atomic E-state index is 13.3. The third-order valence-corrected chi connectivity index (χ3v) is 10.5. The van der Waals surface area contributed by atoms with Crippen molar-refractivity contribution in [2.75, 3.05) is 16.1 Å². The predicted octanol–water partition coefficient (Wildman–Crippen LogP) is 5.88. The number of hydrazone groups is 1. The SMILES string of the molecule is O=C(Nc1ccc(N=Nc2ccc(S(=O)(=O)O)cc2)cc1)c1ccc(N/N=C2/C(S(=O)(=O)O)=CC(=O)c3c(NC(=O)c4ccccc4)cc(S(=O)(=O)O)cc32)cc1. The molecule has 1 aliphatic rings. The highest BCUT2D eigenvalue weighted by atomic mass is 32.2. The lowest BCUT2D eigenvalue weighted by molar-refractivity contribution is 0.101. The smallest absolute Gasteiger partial charge is 0.296 e. The molecular weight excluding hydrogens is 805 g/mol. The molecule has 5 aromatic rings. The molecule has 5 aromatic carbocycles. The Kier molecular flexibility index (Phi) is 11.1. The van der Waals surface area contributed by atoms with Gasteiger partial charge in [0.2, 0.25) is 0 Å². The van der Waals surface area contributed by atoms with Crippen molar-refractivity contribution >= 4 is 82.1 Å². The first-order chi connectivity index (χ1) is 26.9. The summed E-state index contributed by atoms with van der Waals surface area (Å²) < 4.78 is 101. The molecule has 0 bridgehead atoms. The minimum atomic E-state index is -5.17. The molecule has 0 radical (unpaired) electrons. The van der Waals surface area contributed by atoms with E-state index in [1.165, 1.54) is 60.7 Å². The molecule has 0 saturated heterocycles. The highest BCUT2D eigenvalue weighted by Crippen LogP contribution is 2.34. The Morgan fingerprint density at radius 3 is 1.65 bits per heavy atom. The quantitative estimate of drug-likeness (QED) is 0.0515. The van der Waals surface area contributed by atoms with Gasteiger partial charge in [-0.05, 0) is 97.1 Å². The minimum absolute atomic E-state index is 0.123. The molecule has 0 fully saturated rings. The standard InChI is InChI=1S/C36H26N6O12S3/c43-31-20-32(57(52,53)54)34(29-18-28(56(49,50)51)19-30(33(29)31)38-36(45)21-4-2-1-3-5-21)42-41-24-8-6-22(7-9-24)35(44)37-23-10-12-25(13-11-23)39-40-26-14-16-27(17-15-26)55(46,47)48/h1-20,41H,(H,37,44)(H,38,45)(H,46,47,48)(H,49,50,51)(H,52,53,54)/b40-39?,42-34+. The number of nitrogens with one attached hydrogen (secondary N) is 3. The second-order valence-corrected chi connectivity index (χ2v) is 16.1. The fourth-order valence-electron chi connectivity index (χ4n) is 5.24. The van der Waals surface area contributed by atoms with E-state index in [2.05, 4.69) is 31.4 Å². The van der Waals surface area contributed by atoms with Crippen molar-refractivity contribution in [1.29, 1.82) is 0 Å². The highest BCUT2D eigenvalue weighted by molar-refractivity contribution is 7.91. The third-order valence-electron chi connectivity index (χ3n) is 7.95. The number of carbonyl (C=O) groups excluding carboxylic acids is 3. The van der Waals surface area contributed by atoms with Gasteiger partial charge in [-0.1, -0.05) is 18.2 Å². The monoisotopic (exact) mass is 830 g/mol. The van der Waals surface area contributed by atoms with Crippen LogP contribution in [0, 0.1) is 0 Å². The van der Waals surface area contributed by atoms with Crippen LogP contribution in [0.5, 0.6) is 0 Å². The van der Waals surface area contributed by atoms with Crippen LogP contribution in [0.2, 0.25) is 0 Å². The van der Waals surface area contributed by atoms with Crippen LogP contribution in [0.15, 0.2) is 151 Å². The first kappa shape index (κ1) is 39.9. The van der Waals surface area contributed by atoms with E-state index in [4.69, 9.17) is 4.55 Å². The largest absolute Gasteiger partial charge is 0.322 e. The lowest BCUT2D eigenvalue weighted by atomic mass is 9.92. The molecule has 6 rings (SSSR count). The fraction of sp³-hybridized carbons (Fsp3) is 0. The maximum absolute atomic E-state index is 13.3. The molecule has 2 amide bonds. The molecule has 0 heterocycles. The molecule has 21 heteroatoms. The zero-order valence-electron chi connectivity index (χ0n) is 28.6. The predicted molar refractivity (Wildman–Crippen MR) is 206 cm³/mol. The second-order valence-electron chi connectivity index (χ2n) is 11.9. The van der Waals surface area contributed by atoms with E-state index < -0.39 is 80.3 Å². The Bertz CT molecular complexity index is 2860. The van der Waals surface area contributed by atoms with Crippen LogP contribution in [-0.2, 0) is 30.4 Å². The Morgan fingerprint density at radius 1 is 0.561 bits per heavy atom. The Hall–Kier alpha value is -6.75. The van der Waals surface area contributed by atoms with Crippen LogP contribution in [-0.4, -0.2) is 62.2 Å². The van der Waals surface area contributed by atoms with E-state index in [0.29, 0.717) is 23.1 Å². The van der Waals surface area contributed by atoms with Gasteiger partial charge in [0, 0.05) is 28.5 Å². The average molecular weight is 831 g/mol. The number of fused-ring (bicyclic) bond motifs is 1. The van der Waals surface area contributed by atoms with Crippen molar-refractivity contribution in [3.63, 3.8) is 0 Å². The number of anilines is 3. The van der Waals surface area contributed by atoms with E-state index in [1.54, 1.807) is 42.5 Å². The van der Waals surface area contributed by atoms with Gasteiger partial charge in [-0.25, -0.2) is 0 Å². The number of benzene rings is 5. The van der Waals surface area contributed by atoms with Crippen LogP contribution in [0.1, 0.15) is 36.6 Å². The Labute approximate surface area is 323 Å².